The first kappa shape index (κ1) is 12.1. The van der Waals surface area contributed by atoms with Crippen LogP contribution < -0.4 is 4.90 Å². The predicted octanol–water partition coefficient (Wildman–Crippen LogP) is 3.85. The molecule has 0 spiro atoms. The lowest BCUT2D eigenvalue weighted by Crippen LogP contribution is -2.17. The fraction of sp³-hybridized carbons (Fsp3) is 0.154. The Morgan fingerprint density at radius 3 is 2.82 bits per heavy atom. The van der Waals surface area contributed by atoms with Crippen molar-refractivity contribution in [3.63, 3.8) is 0 Å². The molecule has 0 aliphatic rings. The van der Waals surface area contributed by atoms with Crippen molar-refractivity contribution in [2.45, 2.75) is 6.54 Å². The van der Waals surface area contributed by atoms with Gasteiger partial charge in [-0.05, 0) is 23.6 Å². The van der Waals surface area contributed by atoms with Crippen LogP contribution in [0.25, 0.3) is 0 Å². The van der Waals surface area contributed by atoms with Crippen LogP contribution in [0.2, 0.25) is 5.02 Å². The molecule has 1 heterocycles. The van der Waals surface area contributed by atoms with E-state index in [2.05, 4.69) is 6.07 Å². The monoisotopic (exact) mass is 265 g/mol. The molecule has 2 nitrogen and oxygen atoms in total. The average molecular weight is 266 g/mol. The van der Waals surface area contributed by atoms with Crippen LogP contribution in [0.4, 0.5) is 5.69 Å². The van der Waals surface area contributed by atoms with Gasteiger partial charge in [0.2, 0.25) is 0 Å². The fourth-order valence-electron chi connectivity index (χ4n) is 1.70. The largest absolute Gasteiger partial charge is 0.369 e. The number of rotatable bonds is 4. The maximum absolute atomic E-state index is 11.0. The molecular weight excluding hydrogens is 254 g/mol. The molecule has 17 heavy (non-hydrogen) atoms. The van der Waals surface area contributed by atoms with E-state index in [1.165, 1.54) is 4.88 Å². The topological polar surface area (TPSA) is 20.3 Å². The lowest BCUT2D eigenvalue weighted by atomic mass is 10.2. The second kappa shape index (κ2) is 5.34. The molecule has 1 aromatic carbocycles. The number of nitrogens with zero attached hydrogens (tertiary/aromatic N) is 1. The number of aldehydes is 1. The lowest BCUT2D eigenvalue weighted by Gasteiger charge is -2.20. The van der Waals surface area contributed by atoms with Crippen LogP contribution in [0, 0.1) is 0 Å². The summed E-state index contributed by atoms with van der Waals surface area (Å²) in [4.78, 5) is 14.3. The van der Waals surface area contributed by atoms with Crippen LogP contribution >= 0.6 is 22.9 Å². The van der Waals surface area contributed by atoms with Gasteiger partial charge in [0.25, 0.3) is 0 Å². The molecule has 2 rings (SSSR count). The molecule has 0 saturated heterocycles. The van der Waals surface area contributed by atoms with Crippen molar-refractivity contribution in [1.82, 2.24) is 0 Å². The summed E-state index contributed by atoms with van der Waals surface area (Å²) in [5.41, 5.74) is 1.41. The minimum Gasteiger partial charge on any atom is -0.369 e. The molecule has 0 radical (unpaired) electrons. The highest BCUT2D eigenvalue weighted by Crippen LogP contribution is 2.26. The number of carbonyl (C=O) groups is 1. The third-order valence-electron chi connectivity index (χ3n) is 2.53. The summed E-state index contributed by atoms with van der Waals surface area (Å²) in [7, 11) is 1.96. The van der Waals surface area contributed by atoms with E-state index in [1.54, 1.807) is 17.4 Å². The Labute approximate surface area is 109 Å². The van der Waals surface area contributed by atoms with E-state index in [4.69, 9.17) is 11.6 Å². The van der Waals surface area contributed by atoms with Crippen LogP contribution in [0.3, 0.4) is 0 Å². The maximum Gasteiger partial charge on any atom is 0.153 e. The molecule has 1 aromatic heterocycles. The van der Waals surface area contributed by atoms with Gasteiger partial charge in [-0.3, -0.25) is 4.79 Å². The summed E-state index contributed by atoms with van der Waals surface area (Å²) in [6.07, 6.45) is 0.808. The molecule has 0 aliphatic heterocycles. The molecule has 88 valence electrons. The SMILES string of the molecule is CN(Cc1cccs1)c1cccc(Cl)c1C=O. The summed E-state index contributed by atoms with van der Waals surface area (Å²) in [5, 5.41) is 2.54. The third kappa shape index (κ3) is 2.68. The van der Waals surface area contributed by atoms with Crippen molar-refractivity contribution in [1.29, 1.82) is 0 Å². The molecule has 0 fully saturated rings. The quantitative estimate of drug-likeness (QED) is 0.783. The first-order valence-electron chi connectivity index (χ1n) is 5.19. The Morgan fingerprint density at radius 2 is 2.18 bits per heavy atom. The zero-order chi connectivity index (χ0) is 12.3. The highest BCUT2D eigenvalue weighted by molar-refractivity contribution is 7.09. The van der Waals surface area contributed by atoms with E-state index in [1.807, 2.05) is 35.5 Å². The van der Waals surface area contributed by atoms with Gasteiger partial charge in [0.05, 0.1) is 17.1 Å². The summed E-state index contributed by atoms with van der Waals surface area (Å²) in [5.74, 6) is 0. The molecule has 2 aromatic rings. The third-order valence-corrected chi connectivity index (χ3v) is 3.72. The Bertz CT molecular complexity index is 510. The van der Waals surface area contributed by atoms with E-state index in [0.29, 0.717) is 10.6 Å². The van der Waals surface area contributed by atoms with E-state index in [-0.39, 0.29) is 0 Å². The van der Waals surface area contributed by atoms with E-state index in [0.717, 1.165) is 18.5 Å². The molecular formula is C13H12ClNOS. The van der Waals surface area contributed by atoms with Gasteiger partial charge < -0.3 is 4.90 Å². The molecule has 0 atom stereocenters. The van der Waals surface area contributed by atoms with Crippen molar-refractivity contribution < 1.29 is 4.79 Å². The van der Waals surface area contributed by atoms with E-state index in [9.17, 15) is 4.79 Å². The Hall–Kier alpha value is -1.32. The molecule has 0 saturated carbocycles. The van der Waals surface area contributed by atoms with Crippen LogP contribution in [0.1, 0.15) is 15.2 Å². The lowest BCUT2D eigenvalue weighted by molar-refractivity contribution is 0.112. The number of anilines is 1. The van der Waals surface area contributed by atoms with Gasteiger partial charge in [0, 0.05) is 17.6 Å². The van der Waals surface area contributed by atoms with Crippen molar-refractivity contribution in [2.75, 3.05) is 11.9 Å². The maximum atomic E-state index is 11.0. The minimum atomic E-state index is 0.496. The van der Waals surface area contributed by atoms with Crippen molar-refractivity contribution in [3.05, 3.63) is 51.2 Å². The van der Waals surface area contributed by atoms with Gasteiger partial charge in [-0.1, -0.05) is 23.7 Å². The normalized spacial score (nSPS) is 10.2. The highest BCUT2D eigenvalue weighted by atomic mass is 35.5. The van der Waals surface area contributed by atoms with Gasteiger partial charge in [0.1, 0.15) is 0 Å². The number of hydrogen-bond acceptors (Lipinski definition) is 3. The Morgan fingerprint density at radius 1 is 1.35 bits per heavy atom. The highest BCUT2D eigenvalue weighted by Gasteiger charge is 2.10. The van der Waals surface area contributed by atoms with E-state index >= 15 is 0 Å². The fourth-order valence-corrected chi connectivity index (χ4v) is 2.67. The first-order valence-corrected chi connectivity index (χ1v) is 6.45. The average Bonchev–Trinajstić information content (AvgIpc) is 2.81. The smallest absolute Gasteiger partial charge is 0.153 e. The molecule has 0 amide bonds. The van der Waals surface area contributed by atoms with Gasteiger partial charge in [0.15, 0.2) is 6.29 Å². The van der Waals surface area contributed by atoms with Gasteiger partial charge in [-0.25, -0.2) is 0 Å². The zero-order valence-electron chi connectivity index (χ0n) is 9.39. The summed E-state index contributed by atoms with van der Waals surface area (Å²) >= 11 is 7.70. The van der Waals surface area contributed by atoms with Gasteiger partial charge in [-0.15, -0.1) is 11.3 Å². The van der Waals surface area contributed by atoms with Gasteiger partial charge >= 0.3 is 0 Å². The molecule has 0 aliphatic carbocycles. The van der Waals surface area contributed by atoms with Crippen LogP contribution in [0.15, 0.2) is 35.7 Å². The van der Waals surface area contributed by atoms with Crippen molar-refractivity contribution in [2.24, 2.45) is 0 Å². The van der Waals surface area contributed by atoms with E-state index < -0.39 is 0 Å². The zero-order valence-corrected chi connectivity index (χ0v) is 11.0. The second-order valence-electron chi connectivity index (χ2n) is 3.73. The number of halogens is 1. The summed E-state index contributed by atoms with van der Waals surface area (Å²) in [6, 6.07) is 9.59. The number of thiophene rings is 1. The summed E-state index contributed by atoms with van der Waals surface area (Å²) in [6.45, 7) is 0.777. The molecule has 0 bridgehead atoms. The van der Waals surface area contributed by atoms with Crippen LogP contribution in [0.5, 0.6) is 0 Å². The Kier molecular flexibility index (Phi) is 3.82. The first-order chi connectivity index (χ1) is 8.22. The van der Waals surface area contributed by atoms with Crippen molar-refractivity contribution in [3.8, 4) is 0 Å². The summed E-state index contributed by atoms with van der Waals surface area (Å²) < 4.78 is 0. The molecule has 0 unspecified atom stereocenters. The number of hydrogen-bond donors (Lipinski definition) is 0. The second-order valence-corrected chi connectivity index (χ2v) is 5.17. The van der Waals surface area contributed by atoms with Crippen LogP contribution in [-0.4, -0.2) is 13.3 Å². The molecule has 4 heteroatoms. The predicted molar refractivity (Wildman–Crippen MR) is 73.3 cm³/mol. The van der Waals surface area contributed by atoms with Gasteiger partial charge in [-0.2, -0.15) is 0 Å². The number of benzene rings is 1. The van der Waals surface area contributed by atoms with Crippen molar-refractivity contribution >= 4 is 34.9 Å². The minimum absolute atomic E-state index is 0.496. The number of carbonyl (C=O) groups excluding carboxylic acids is 1. The molecule has 0 N–H and O–H groups in total. The Balaban J connectivity index is 2.27. The van der Waals surface area contributed by atoms with Crippen LogP contribution in [-0.2, 0) is 6.54 Å². The standard InChI is InChI=1S/C13H12ClNOS/c1-15(8-10-4-3-7-17-10)13-6-2-5-12(14)11(13)9-16/h2-7,9H,8H2,1H3.